The van der Waals surface area contributed by atoms with Crippen LogP contribution in [0.1, 0.15) is 11.6 Å². The highest BCUT2D eigenvalue weighted by Gasteiger charge is 2.17. The molecule has 0 amide bonds. The van der Waals surface area contributed by atoms with E-state index in [1.165, 1.54) is 5.56 Å². The van der Waals surface area contributed by atoms with Crippen molar-refractivity contribution in [3.8, 4) is 11.5 Å². The first-order chi connectivity index (χ1) is 9.78. The number of aromatic nitrogens is 3. The van der Waals surface area contributed by atoms with E-state index in [1.54, 1.807) is 18.1 Å². The van der Waals surface area contributed by atoms with Gasteiger partial charge in [0.05, 0.1) is 0 Å². The SMILES string of the molecule is CNC(CSc1nncn1C)c1ccc2c(c1)OCO2. The maximum absolute atomic E-state index is 5.42. The Morgan fingerprint density at radius 1 is 1.40 bits per heavy atom. The van der Waals surface area contributed by atoms with Gasteiger partial charge in [0, 0.05) is 18.8 Å². The van der Waals surface area contributed by atoms with Crippen LogP contribution >= 0.6 is 11.8 Å². The lowest BCUT2D eigenvalue weighted by molar-refractivity contribution is 0.174. The molecule has 1 unspecified atom stereocenters. The Morgan fingerprint density at radius 2 is 2.25 bits per heavy atom. The van der Waals surface area contributed by atoms with Gasteiger partial charge in [0.15, 0.2) is 16.7 Å². The molecule has 2 aromatic rings. The predicted octanol–water partition coefficient (Wildman–Crippen LogP) is 1.60. The van der Waals surface area contributed by atoms with Crippen molar-refractivity contribution in [1.82, 2.24) is 20.1 Å². The van der Waals surface area contributed by atoms with E-state index in [-0.39, 0.29) is 6.04 Å². The van der Waals surface area contributed by atoms with Gasteiger partial charge >= 0.3 is 0 Å². The Labute approximate surface area is 121 Å². The van der Waals surface area contributed by atoms with Crippen LogP contribution in [0.3, 0.4) is 0 Å². The molecule has 1 aromatic carbocycles. The van der Waals surface area contributed by atoms with Gasteiger partial charge in [-0.2, -0.15) is 0 Å². The minimum Gasteiger partial charge on any atom is -0.454 e. The molecule has 0 fully saturated rings. The number of hydrogen-bond acceptors (Lipinski definition) is 6. The Balaban J connectivity index is 1.71. The van der Waals surface area contributed by atoms with E-state index in [0.717, 1.165) is 22.4 Å². The average Bonchev–Trinajstić information content (AvgIpc) is 3.08. The first kappa shape index (κ1) is 13.3. The number of fused-ring (bicyclic) bond motifs is 1. The van der Waals surface area contributed by atoms with Gasteiger partial charge in [-0.1, -0.05) is 17.8 Å². The van der Waals surface area contributed by atoms with Crippen molar-refractivity contribution >= 4 is 11.8 Å². The normalized spacial score (nSPS) is 14.5. The largest absolute Gasteiger partial charge is 0.454 e. The second-order valence-electron chi connectivity index (χ2n) is 4.49. The zero-order valence-electron chi connectivity index (χ0n) is 11.4. The number of aryl methyl sites for hydroxylation is 1. The van der Waals surface area contributed by atoms with Gasteiger partial charge in [0.1, 0.15) is 6.33 Å². The van der Waals surface area contributed by atoms with Crippen LogP contribution in [0.25, 0.3) is 0 Å². The third-order valence-corrected chi connectivity index (χ3v) is 4.32. The summed E-state index contributed by atoms with van der Waals surface area (Å²) in [5.74, 6) is 2.49. The molecular formula is C13H16N4O2S. The lowest BCUT2D eigenvalue weighted by atomic mass is 10.1. The van der Waals surface area contributed by atoms with Crippen molar-refractivity contribution in [1.29, 1.82) is 0 Å². The van der Waals surface area contributed by atoms with Crippen molar-refractivity contribution < 1.29 is 9.47 Å². The van der Waals surface area contributed by atoms with Crippen LogP contribution in [0.15, 0.2) is 29.7 Å². The standard InChI is InChI=1S/C13H16N4O2S/c1-14-10(6-20-13-16-15-7-17(13)2)9-3-4-11-12(5-9)19-8-18-11/h3-5,7,10,14H,6,8H2,1-2H3. The average molecular weight is 292 g/mol. The second kappa shape index (κ2) is 5.72. The summed E-state index contributed by atoms with van der Waals surface area (Å²) in [6, 6.07) is 6.26. The van der Waals surface area contributed by atoms with Crippen LogP contribution in [0.2, 0.25) is 0 Å². The van der Waals surface area contributed by atoms with Crippen molar-refractivity contribution in [2.75, 3.05) is 19.6 Å². The fourth-order valence-electron chi connectivity index (χ4n) is 2.04. The van der Waals surface area contributed by atoms with Gasteiger partial charge in [-0.05, 0) is 24.7 Å². The van der Waals surface area contributed by atoms with Gasteiger partial charge in [-0.15, -0.1) is 10.2 Å². The zero-order valence-corrected chi connectivity index (χ0v) is 12.2. The van der Waals surface area contributed by atoms with Crippen LogP contribution < -0.4 is 14.8 Å². The van der Waals surface area contributed by atoms with Crippen LogP contribution in [0.5, 0.6) is 11.5 Å². The van der Waals surface area contributed by atoms with Crippen LogP contribution in [-0.4, -0.2) is 34.4 Å². The Morgan fingerprint density at radius 3 is 3.00 bits per heavy atom. The summed E-state index contributed by atoms with van der Waals surface area (Å²) in [5, 5.41) is 12.2. The van der Waals surface area contributed by atoms with Crippen molar-refractivity contribution in [2.24, 2.45) is 7.05 Å². The number of nitrogens with one attached hydrogen (secondary N) is 1. The molecule has 1 atom stereocenters. The number of ether oxygens (including phenoxy) is 2. The highest BCUT2D eigenvalue weighted by molar-refractivity contribution is 7.99. The molecule has 1 N–H and O–H groups in total. The molecule has 1 aromatic heterocycles. The van der Waals surface area contributed by atoms with Gasteiger partial charge < -0.3 is 19.4 Å². The number of benzene rings is 1. The summed E-state index contributed by atoms with van der Waals surface area (Å²) in [6.45, 7) is 0.302. The monoisotopic (exact) mass is 292 g/mol. The topological polar surface area (TPSA) is 61.2 Å². The molecule has 0 aliphatic carbocycles. The number of hydrogen-bond donors (Lipinski definition) is 1. The van der Waals surface area contributed by atoms with E-state index >= 15 is 0 Å². The lowest BCUT2D eigenvalue weighted by Gasteiger charge is -2.16. The van der Waals surface area contributed by atoms with E-state index in [0.29, 0.717) is 6.79 Å². The molecule has 0 saturated heterocycles. The quantitative estimate of drug-likeness (QED) is 0.845. The fourth-order valence-corrected chi connectivity index (χ4v) is 3.07. The molecule has 0 radical (unpaired) electrons. The van der Waals surface area contributed by atoms with Crippen molar-refractivity contribution in [3.63, 3.8) is 0 Å². The first-order valence-corrected chi connectivity index (χ1v) is 7.30. The first-order valence-electron chi connectivity index (χ1n) is 6.31. The zero-order chi connectivity index (χ0) is 13.9. The summed E-state index contributed by atoms with van der Waals surface area (Å²) in [6.07, 6.45) is 1.71. The van der Waals surface area contributed by atoms with E-state index in [1.807, 2.05) is 30.8 Å². The molecular weight excluding hydrogens is 276 g/mol. The minimum atomic E-state index is 0.214. The molecule has 1 aliphatic rings. The highest BCUT2D eigenvalue weighted by atomic mass is 32.2. The molecule has 0 saturated carbocycles. The number of thioether (sulfide) groups is 1. The summed E-state index contributed by atoms with van der Waals surface area (Å²) in [5.41, 5.74) is 1.17. The Hall–Kier alpha value is -1.73. The van der Waals surface area contributed by atoms with Crippen LogP contribution in [0.4, 0.5) is 0 Å². The Kier molecular flexibility index (Phi) is 3.79. The van der Waals surface area contributed by atoms with E-state index in [9.17, 15) is 0 Å². The van der Waals surface area contributed by atoms with Gasteiger partial charge in [-0.3, -0.25) is 0 Å². The summed E-state index contributed by atoms with van der Waals surface area (Å²) in [7, 11) is 3.89. The molecule has 6 nitrogen and oxygen atoms in total. The van der Waals surface area contributed by atoms with Crippen molar-refractivity contribution in [3.05, 3.63) is 30.1 Å². The molecule has 3 rings (SSSR count). The molecule has 106 valence electrons. The van der Waals surface area contributed by atoms with Gasteiger partial charge in [0.2, 0.25) is 6.79 Å². The van der Waals surface area contributed by atoms with E-state index < -0.39 is 0 Å². The van der Waals surface area contributed by atoms with Gasteiger partial charge in [-0.25, -0.2) is 0 Å². The van der Waals surface area contributed by atoms with E-state index in [2.05, 4.69) is 21.6 Å². The lowest BCUT2D eigenvalue weighted by Crippen LogP contribution is -2.18. The van der Waals surface area contributed by atoms with Gasteiger partial charge in [0.25, 0.3) is 0 Å². The third kappa shape index (κ3) is 2.59. The highest BCUT2D eigenvalue weighted by Crippen LogP contribution is 2.35. The molecule has 7 heteroatoms. The second-order valence-corrected chi connectivity index (χ2v) is 5.48. The van der Waals surface area contributed by atoms with E-state index in [4.69, 9.17) is 9.47 Å². The summed E-state index contributed by atoms with van der Waals surface area (Å²) < 4.78 is 12.7. The van der Waals surface area contributed by atoms with Crippen LogP contribution in [-0.2, 0) is 7.05 Å². The smallest absolute Gasteiger partial charge is 0.231 e. The Bertz CT molecular complexity index is 602. The maximum atomic E-state index is 5.42. The predicted molar refractivity (Wildman–Crippen MR) is 76.1 cm³/mol. The molecule has 0 bridgehead atoms. The number of nitrogens with zero attached hydrogens (tertiary/aromatic N) is 3. The minimum absolute atomic E-state index is 0.214. The van der Waals surface area contributed by atoms with Crippen molar-refractivity contribution in [2.45, 2.75) is 11.2 Å². The molecule has 20 heavy (non-hydrogen) atoms. The maximum Gasteiger partial charge on any atom is 0.231 e. The molecule has 1 aliphatic heterocycles. The van der Waals surface area contributed by atoms with Crippen LogP contribution in [0, 0.1) is 0 Å². The summed E-state index contributed by atoms with van der Waals surface area (Å²) in [4.78, 5) is 0. The molecule has 2 heterocycles. The molecule has 0 spiro atoms. The fraction of sp³-hybridized carbons (Fsp3) is 0.385. The third-order valence-electron chi connectivity index (χ3n) is 3.20. The summed E-state index contributed by atoms with van der Waals surface area (Å²) >= 11 is 1.67. The number of rotatable bonds is 5.